The lowest BCUT2D eigenvalue weighted by Crippen LogP contribution is -2.47. The first-order valence-corrected chi connectivity index (χ1v) is 8.69. The van der Waals surface area contributed by atoms with Gasteiger partial charge in [0.05, 0.1) is 11.0 Å². The van der Waals surface area contributed by atoms with E-state index in [1.165, 1.54) is 0 Å². The van der Waals surface area contributed by atoms with E-state index in [0.717, 1.165) is 37.8 Å². The van der Waals surface area contributed by atoms with Crippen molar-refractivity contribution in [2.75, 3.05) is 12.3 Å². The second-order valence-corrected chi connectivity index (χ2v) is 7.46. The second-order valence-electron chi connectivity index (χ2n) is 5.12. The number of aromatic nitrogens is 1. The Morgan fingerprint density at radius 2 is 2.11 bits per heavy atom. The Bertz CT molecular complexity index is 487. The molecule has 0 saturated carbocycles. The lowest BCUT2D eigenvalue weighted by Gasteiger charge is -2.30. The van der Waals surface area contributed by atoms with E-state index in [-0.39, 0.29) is 11.3 Å². The Balaban J connectivity index is 2.15. The summed E-state index contributed by atoms with van der Waals surface area (Å²) in [7, 11) is -2.94. The van der Waals surface area contributed by atoms with Gasteiger partial charge < -0.3 is 5.32 Å². The van der Waals surface area contributed by atoms with E-state index in [9.17, 15) is 8.42 Å². The molecule has 1 aromatic heterocycles. The maximum atomic E-state index is 12.2. The fourth-order valence-corrected chi connectivity index (χ4v) is 4.93. The predicted molar refractivity (Wildman–Crippen MR) is 76.8 cm³/mol. The first-order valence-electron chi connectivity index (χ1n) is 6.97. The lowest BCUT2D eigenvalue weighted by molar-refractivity contribution is 0.441. The number of likely N-dealkylation sites (N-methyl/N-ethyl adjacent to an activating group) is 1. The molecule has 1 aliphatic rings. The highest BCUT2D eigenvalue weighted by Gasteiger charge is 2.35. The van der Waals surface area contributed by atoms with Crippen LogP contribution in [0.5, 0.6) is 0 Å². The van der Waals surface area contributed by atoms with Crippen molar-refractivity contribution in [3.63, 3.8) is 0 Å². The summed E-state index contributed by atoms with van der Waals surface area (Å²) in [6.07, 6.45) is 6.88. The molecule has 4 nitrogen and oxygen atoms in total. The topological polar surface area (TPSA) is 59.1 Å². The number of sulfone groups is 1. The van der Waals surface area contributed by atoms with E-state index in [1.807, 2.05) is 19.1 Å². The van der Waals surface area contributed by atoms with Crippen LogP contribution in [-0.4, -0.2) is 37.0 Å². The molecule has 1 fully saturated rings. The minimum Gasteiger partial charge on any atom is -0.313 e. The fourth-order valence-electron chi connectivity index (χ4n) is 2.80. The summed E-state index contributed by atoms with van der Waals surface area (Å²) in [5, 5.41) is 3.12. The molecular weight excluding hydrogens is 260 g/mol. The molecule has 0 bridgehead atoms. The number of rotatable bonds is 5. The van der Waals surface area contributed by atoms with E-state index < -0.39 is 9.84 Å². The quantitative estimate of drug-likeness (QED) is 0.890. The lowest BCUT2D eigenvalue weighted by atomic mass is 10.00. The van der Waals surface area contributed by atoms with E-state index in [4.69, 9.17) is 0 Å². The van der Waals surface area contributed by atoms with Gasteiger partial charge in [-0.2, -0.15) is 0 Å². The van der Waals surface area contributed by atoms with Crippen LogP contribution in [0.1, 0.15) is 31.7 Å². The predicted octanol–water partition coefficient (Wildman–Crippen LogP) is 1.57. The summed E-state index contributed by atoms with van der Waals surface area (Å²) in [6, 6.07) is 3.93. The SMILES string of the molecule is CCNC(Cc1ccncc1)C1CCCCS1(=O)=O. The average Bonchev–Trinajstić information content (AvgIpc) is 2.39. The first-order chi connectivity index (χ1) is 9.13. The normalized spacial score (nSPS) is 23.9. The van der Waals surface area contributed by atoms with Gasteiger partial charge in [-0.15, -0.1) is 0 Å². The highest BCUT2D eigenvalue weighted by molar-refractivity contribution is 7.92. The Morgan fingerprint density at radius 3 is 2.74 bits per heavy atom. The number of hydrogen-bond donors (Lipinski definition) is 1. The summed E-state index contributed by atoms with van der Waals surface area (Å²) in [5.74, 6) is 0.343. The summed E-state index contributed by atoms with van der Waals surface area (Å²) < 4.78 is 24.5. The maximum Gasteiger partial charge on any atom is 0.154 e. The van der Waals surface area contributed by atoms with Gasteiger partial charge in [0.25, 0.3) is 0 Å². The molecule has 2 atom stereocenters. The molecule has 1 N–H and O–H groups in total. The number of nitrogens with one attached hydrogen (secondary N) is 1. The van der Waals surface area contributed by atoms with Gasteiger partial charge in [0.1, 0.15) is 0 Å². The van der Waals surface area contributed by atoms with Crippen molar-refractivity contribution in [1.82, 2.24) is 10.3 Å². The zero-order valence-corrected chi connectivity index (χ0v) is 12.2. The molecule has 2 heterocycles. The Labute approximate surface area is 115 Å². The fraction of sp³-hybridized carbons (Fsp3) is 0.643. The average molecular weight is 282 g/mol. The van der Waals surface area contributed by atoms with Crippen molar-refractivity contribution in [3.8, 4) is 0 Å². The van der Waals surface area contributed by atoms with Crippen molar-refractivity contribution in [2.24, 2.45) is 0 Å². The van der Waals surface area contributed by atoms with Crippen LogP contribution in [0.2, 0.25) is 0 Å². The molecule has 1 aromatic rings. The smallest absolute Gasteiger partial charge is 0.154 e. The third-order valence-corrected chi connectivity index (χ3v) is 6.09. The van der Waals surface area contributed by atoms with Crippen molar-refractivity contribution < 1.29 is 8.42 Å². The Morgan fingerprint density at radius 1 is 1.37 bits per heavy atom. The summed E-state index contributed by atoms with van der Waals surface area (Å²) in [6.45, 7) is 2.82. The van der Waals surface area contributed by atoms with Gasteiger partial charge in [0.2, 0.25) is 0 Å². The number of pyridine rings is 1. The van der Waals surface area contributed by atoms with Gasteiger partial charge in [-0.25, -0.2) is 8.42 Å². The van der Waals surface area contributed by atoms with Gasteiger partial charge in [-0.1, -0.05) is 13.3 Å². The highest BCUT2D eigenvalue weighted by atomic mass is 32.2. The van der Waals surface area contributed by atoms with Crippen LogP contribution in [0.25, 0.3) is 0 Å². The molecule has 5 heteroatoms. The first kappa shape index (κ1) is 14.5. The number of hydrogen-bond acceptors (Lipinski definition) is 4. The molecule has 19 heavy (non-hydrogen) atoms. The molecule has 0 aliphatic carbocycles. The minimum absolute atomic E-state index is 0.0118. The van der Waals surface area contributed by atoms with Gasteiger partial charge in [-0.05, 0) is 43.5 Å². The Hall–Kier alpha value is -0.940. The summed E-state index contributed by atoms with van der Waals surface area (Å²) in [4.78, 5) is 4.00. The second kappa shape index (κ2) is 6.48. The zero-order valence-electron chi connectivity index (χ0n) is 11.4. The van der Waals surface area contributed by atoms with E-state index in [2.05, 4.69) is 10.3 Å². The molecule has 1 saturated heterocycles. The third kappa shape index (κ3) is 3.76. The van der Waals surface area contributed by atoms with Crippen molar-refractivity contribution >= 4 is 9.84 Å². The molecule has 2 rings (SSSR count). The van der Waals surface area contributed by atoms with E-state index >= 15 is 0 Å². The molecular formula is C14H22N2O2S. The van der Waals surface area contributed by atoms with Crippen LogP contribution < -0.4 is 5.32 Å². The van der Waals surface area contributed by atoms with Gasteiger partial charge in [0, 0.05) is 18.4 Å². The van der Waals surface area contributed by atoms with Crippen LogP contribution >= 0.6 is 0 Å². The van der Waals surface area contributed by atoms with Crippen molar-refractivity contribution in [3.05, 3.63) is 30.1 Å². The molecule has 0 spiro atoms. The van der Waals surface area contributed by atoms with E-state index in [1.54, 1.807) is 12.4 Å². The van der Waals surface area contributed by atoms with Crippen molar-refractivity contribution in [2.45, 2.75) is 43.9 Å². The number of nitrogens with zero attached hydrogens (tertiary/aromatic N) is 1. The molecule has 0 radical (unpaired) electrons. The third-order valence-electron chi connectivity index (χ3n) is 3.75. The Kier molecular flexibility index (Phi) is 4.93. The van der Waals surface area contributed by atoms with Crippen LogP contribution in [0.15, 0.2) is 24.5 Å². The van der Waals surface area contributed by atoms with Crippen molar-refractivity contribution in [1.29, 1.82) is 0 Å². The minimum atomic E-state index is -2.94. The van der Waals surface area contributed by atoms with Gasteiger partial charge in [-0.3, -0.25) is 4.98 Å². The molecule has 106 valence electrons. The van der Waals surface area contributed by atoms with Gasteiger partial charge in [0.15, 0.2) is 9.84 Å². The highest BCUT2D eigenvalue weighted by Crippen LogP contribution is 2.24. The largest absolute Gasteiger partial charge is 0.313 e. The van der Waals surface area contributed by atoms with Crippen LogP contribution in [0.3, 0.4) is 0 Å². The van der Waals surface area contributed by atoms with Gasteiger partial charge >= 0.3 is 0 Å². The zero-order chi connectivity index (χ0) is 13.7. The monoisotopic (exact) mass is 282 g/mol. The van der Waals surface area contributed by atoms with Crippen LogP contribution in [0.4, 0.5) is 0 Å². The molecule has 0 aromatic carbocycles. The molecule has 0 amide bonds. The standard InChI is InChI=1S/C14H22N2O2S/c1-2-16-13(11-12-6-8-15-9-7-12)14-5-3-4-10-19(14,17)18/h6-9,13-14,16H,2-5,10-11H2,1H3. The maximum absolute atomic E-state index is 12.2. The van der Waals surface area contributed by atoms with Crippen LogP contribution in [-0.2, 0) is 16.3 Å². The van der Waals surface area contributed by atoms with E-state index in [0.29, 0.717) is 5.75 Å². The van der Waals surface area contributed by atoms with Crippen LogP contribution in [0, 0.1) is 0 Å². The summed E-state index contributed by atoms with van der Waals surface area (Å²) in [5.41, 5.74) is 1.14. The molecule has 1 aliphatic heterocycles. The summed E-state index contributed by atoms with van der Waals surface area (Å²) >= 11 is 0. The molecule has 2 unspecified atom stereocenters.